The normalized spacial score (nSPS) is 10.1. The highest BCUT2D eigenvalue weighted by Crippen LogP contribution is 2.25. The maximum absolute atomic E-state index is 5.48. The average molecular weight is 240 g/mol. The highest BCUT2D eigenvalue weighted by atomic mass is 79.9. The second-order valence-corrected chi connectivity index (χ2v) is 3.98. The van der Waals surface area contributed by atoms with Gasteiger partial charge in [-0.15, -0.1) is 0 Å². The zero-order valence-electron chi connectivity index (χ0n) is 7.81. The van der Waals surface area contributed by atoms with Crippen molar-refractivity contribution >= 4 is 21.5 Å². The van der Waals surface area contributed by atoms with Crippen LogP contribution in [0.15, 0.2) is 29.3 Å². The van der Waals surface area contributed by atoms with Gasteiger partial charge in [-0.2, -0.15) is 0 Å². The van der Waals surface area contributed by atoms with Crippen molar-refractivity contribution in [2.75, 3.05) is 6.54 Å². The van der Waals surface area contributed by atoms with Gasteiger partial charge in [0, 0.05) is 4.47 Å². The third kappa shape index (κ3) is 2.68. The summed E-state index contributed by atoms with van der Waals surface area (Å²) >= 11 is 3.50. The maximum atomic E-state index is 5.48. The van der Waals surface area contributed by atoms with E-state index in [-0.39, 0.29) is 0 Å². The minimum atomic E-state index is 0.652. The lowest BCUT2D eigenvalue weighted by Crippen LogP contribution is -1.99. The molecule has 70 valence electrons. The molecule has 0 bridgehead atoms. The Morgan fingerprint density at radius 1 is 1.54 bits per heavy atom. The van der Waals surface area contributed by atoms with Crippen LogP contribution >= 0.6 is 15.9 Å². The van der Waals surface area contributed by atoms with E-state index < -0.39 is 0 Å². The van der Waals surface area contributed by atoms with Crippen molar-refractivity contribution in [2.45, 2.75) is 13.3 Å². The van der Waals surface area contributed by atoms with Crippen LogP contribution in [0, 0.1) is 6.92 Å². The van der Waals surface area contributed by atoms with Gasteiger partial charge in [-0.3, -0.25) is 0 Å². The van der Waals surface area contributed by atoms with Crippen molar-refractivity contribution < 1.29 is 0 Å². The van der Waals surface area contributed by atoms with Gasteiger partial charge in [-0.05, 0) is 37.1 Å². The number of halogens is 1. The lowest BCUT2D eigenvalue weighted by atomic mass is 10.0. The molecule has 0 saturated carbocycles. The average Bonchev–Trinajstić information content (AvgIpc) is 2.09. The summed E-state index contributed by atoms with van der Waals surface area (Å²) in [6.45, 7) is 6.73. The molecule has 2 heteroatoms. The predicted octanol–water partition coefficient (Wildman–Crippen LogP) is 3.12. The van der Waals surface area contributed by atoms with Gasteiger partial charge in [-0.25, -0.2) is 0 Å². The van der Waals surface area contributed by atoms with Crippen molar-refractivity contribution in [1.29, 1.82) is 0 Å². The molecule has 0 heterocycles. The van der Waals surface area contributed by atoms with Crippen molar-refractivity contribution in [3.05, 3.63) is 40.4 Å². The Labute approximate surface area is 87.8 Å². The molecule has 1 nitrogen and oxygen atoms in total. The molecule has 0 aromatic heterocycles. The Kier molecular flexibility index (Phi) is 3.70. The third-order valence-corrected chi connectivity index (χ3v) is 2.64. The molecule has 0 radical (unpaired) electrons. The first kappa shape index (κ1) is 10.5. The molecule has 0 spiro atoms. The summed E-state index contributed by atoms with van der Waals surface area (Å²) in [5, 5.41) is 0. The highest BCUT2D eigenvalue weighted by Gasteiger charge is 2.03. The zero-order chi connectivity index (χ0) is 9.84. The minimum Gasteiger partial charge on any atom is -0.330 e. The van der Waals surface area contributed by atoms with E-state index >= 15 is 0 Å². The van der Waals surface area contributed by atoms with Crippen molar-refractivity contribution in [3.63, 3.8) is 0 Å². The lowest BCUT2D eigenvalue weighted by Gasteiger charge is -2.07. The molecule has 0 fully saturated rings. The van der Waals surface area contributed by atoms with E-state index in [0.717, 1.165) is 16.5 Å². The van der Waals surface area contributed by atoms with Gasteiger partial charge in [0.1, 0.15) is 0 Å². The topological polar surface area (TPSA) is 26.0 Å². The molecular formula is C11H14BrN. The van der Waals surface area contributed by atoms with Gasteiger partial charge in [0.05, 0.1) is 0 Å². The first-order valence-corrected chi connectivity index (χ1v) is 5.09. The number of aryl methyl sites for hydroxylation is 1. The monoisotopic (exact) mass is 239 g/mol. The second-order valence-electron chi connectivity index (χ2n) is 3.13. The van der Waals surface area contributed by atoms with Crippen LogP contribution in [0.2, 0.25) is 0 Å². The standard InChI is InChI=1S/C11H14BrN/c1-8-3-4-11(12)10(7-8)9(2)5-6-13/h3-4,7H,2,5-6,13H2,1H3. The number of nitrogens with two attached hydrogens (primary N) is 1. The fraction of sp³-hybridized carbons (Fsp3) is 0.273. The second kappa shape index (κ2) is 4.58. The lowest BCUT2D eigenvalue weighted by molar-refractivity contribution is 1.02. The molecule has 2 N–H and O–H groups in total. The van der Waals surface area contributed by atoms with Crippen LogP contribution in [-0.4, -0.2) is 6.54 Å². The molecule has 1 aromatic carbocycles. The summed E-state index contributed by atoms with van der Waals surface area (Å²) in [5.74, 6) is 0. The zero-order valence-corrected chi connectivity index (χ0v) is 9.39. The van der Waals surface area contributed by atoms with E-state index in [1.165, 1.54) is 11.1 Å². The Morgan fingerprint density at radius 2 is 2.23 bits per heavy atom. The number of hydrogen-bond donors (Lipinski definition) is 1. The first-order chi connectivity index (χ1) is 6.15. The molecule has 0 unspecified atom stereocenters. The van der Waals surface area contributed by atoms with Gasteiger partial charge in [0.15, 0.2) is 0 Å². The van der Waals surface area contributed by atoms with Crippen LogP contribution in [0.4, 0.5) is 0 Å². The summed E-state index contributed by atoms with van der Waals surface area (Å²) in [6, 6.07) is 6.25. The van der Waals surface area contributed by atoms with E-state index in [1.54, 1.807) is 0 Å². The van der Waals surface area contributed by atoms with Crippen LogP contribution < -0.4 is 5.73 Å². The van der Waals surface area contributed by atoms with Crippen molar-refractivity contribution in [1.82, 2.24) is 0 Å². The molecule has 0 aliphatic carbocycles. The molecule has 0 atom stereocenters. The summed E-state index contributed by atoms with van der Waals surface area (Å²) in [6.07, 6.45) is 0.849. The van der Waals surface area contributed by atoms with E-state index in [9.17, 15) is 0 Å². The van der Waals surface area contributed by atoms with Crippen molar-refractivity contribution in [3.8, 4) is 0 Å². The van der Waals surface area contributed by atoms with Crippen LogP contribution in [0.25, 0.3) is 5.57 Å². The quantitative estimate of drug-likeness (QED) is 0.863. The van der Waals surface area contributed by atoms with Gasteiger partial charge >= 0.3 is 0 Å². The molecule has 1 rings (SSSR count). The Balaban J connectivity index is 2.99. The number of rotatable bonds is 3. The van der Waals surface area contributed by atoms with Gasteiger partial charge in [0.2, 0.25) is 0 Å². The van der Waals surface area contributed by atoms with Gasteiger partial charge < -0.3 is 5.73 Å². The van der Waals surface area contributed by atoms with Crippen LogP contribution in [0.5, 0.6) is 0 Å². The summed E-state index contributed by atoms with van der Waals surface area (Å²) in [7, 11) is 0. The molecule has 0 aliphatic heterocycles. The largest absolute Gasteiger partial charge is 0.330 e. The van der Waals surface area contributed by atoms with Gasteiger partial charge in [-0.1, -0.05) is 40.2 Å². The molecule has 0 saturated heterocycles. The molecule has 0 aliphatic rings. The minimum absolute atomic E-state index is 0.652. The van der Waals surface area contributed by atoms with Crippen LogP contribution in [0.1, 0.15) is 17.5 Å². The third-order valence-electron chi connectivity index (χ3n) is 1.95. The van der Waals surface area contributed by atoms with Crippen LogP contribution in [0.3, 0.4) is 0 Å². The SMILES string of the molecule is C=C(CCN)c1cc(C)ccc1Br. The molecular weight excluding hydrogens is 226 g/mol. The smallest absolute Gasteiger partial charge is 0.0250 e. The molecule has 0 amide bonds. The maximum Gasteiger partial charge on any atom is 0.0250 e. The summed E-state index contributed by atoms with van der Waals surface area (Å²) in [4.78, 5) is 0. The fourth-order valence-electron chi connectivity index (χ4n) is 1.22. The number of benzene rings is 1. The van der Waals surface area contributed by atoms with Gasteiger partial charge in [0.25, 0.3) is 0 Å². The number of hydrogen-bond acceptors (Lipinski definition) is 1. The Morgan fingerprint density at radius 3 is 2.85 bits per heavy atom. The van der Waals surface area contributed by atoms with E-state index in [4.69, 9.17) is 5.73 Å². The summed E-state index contributed by atoms with van der Waals surface area (Å²) in [5.41, 5.74) is 8.99. The van der Waals surface area contributed by atoms with Crippen LogP contribution in [-0.2, 0) is 0 Å². The van der Waals surface area contributed by atoms with Crippen molar-refractivity contribution in [2.24, 2.45) is 5.73 Å². The Hall–Kier alpha value is -0.600. The summed E-state index contributed by atoms with van der Waals surface area (Å²) < 4.78 is 1.09. The van der Waals surface area contributed by atoms with E-state index in [1.807, 2.05) is 6.07 Å². The first-order valence-electron chi connectivity index (χ1n) is 4.29. The van der Waals surface area contributed by atoms with E-state index in [2.05, 4.69) is 41.6 Å². The van der Waals surface area contributed by atoms with E-state index in [0.29, 0.717) is 6.54 Å². The molecule has 1 aromatic rings. The Bertz CT molecular complexity index is 318. The highest BCUT2D eigenvalue weighted by molar-refractivity contribution is 9.10. The molecule has 13 heavy (non-hydrogen) atoms. The predicted molar refractivity (Wildman–Crippen MR) is 61.6 cm³/mol. The fourth-order valence-corrected chi connectivity index (χ4v) is 1.75.